The maximum Gasteiger partial charge on any atom is 0.210 e. The van der Waals surface area contributed by atoms with Gasteiger partial charge in [-0.1, -0.05) is 61.9 Å². The molecule has 37 heavy (non-hydrogen) atoms. The second kappa shape index (κ2) is 9.92. The Kier molecular flexibility index (Phi) is 6.82. The minimum Gasteiger partial charge on any atom is -0.385 e. The first-order valence-corrected chi connectivity index (χ1v) is 14.5. The standard InChI is InChI=1S/C31H34N2O3S/c1-4-23-7-11-25(12-8-23)31(34)16-18-33(19-17-31)30-27-20-22(3)6-15-28(27)32-21-29(30)37(35,36)26-13-9-24(5-2)10-14-26/h6-15,20-21,34H,4-5,16-19H2,1-3H3. The highest BCUT2D eigenvalue weighted by Gasteiger charge is 2.36. The highest BCUT2D eigenvalue weighted by atomic mass is 32.2. The number of rotatable bonds is 6. The molecule has 1 aliphatic rings. The Morgan fingerprint density at radius 1 is 0.892 bits per heavy atom. The molecule has 0 atom stereocenters. The number of benzene rings is 3. The molecule has 2 heterocycles. The smallest absolute Gasteiger partial charge is 0.210 e. The molecule has 192 valence electrons. The van der Waals surface area contributed by atoms with E-state index in [1.807, 2.05) is 56.3 Å². The molecule has 0 bridgehead atoms. The molecule has 0 amide bonds. The molecule has 3 aromatic carbocycles. The summed E-state index contributed by atoms with van der Waals surface area (Å²) in [6, 6.07) is 21.3. The monoisotopic (exact) mass is 514 g/mol. The molecule has 1 N–H and O–H groups in total. The predicted octanol–water partition coefficient (Wildman–Crippen LogP) is 5.99. The largest absolute Gasteiger partial charge is 0.385 e. The van der Waals surface area contributed by atoms with Crippen LogP contribution in [0.2, 0.25) is 0 Å². The molecule has 0 saturated carbocycles. The van der Waals surface area contributed by atoms with E-state index in [0.717, 1.165) is 40.4 Å². The van der Waals surface area contributed by atoms with E-state index < -0.39 is 15.4 Å². The van der Waals surface area contributed by atoms with Gasteiger partial charge in [0, 0.05) is 24.7 Å². The number of aryl methyl sites for hydroxylation is 3. The lowest BCUT2D eigenvalue weighted by atomic mass is 9.84. The third kappa shape index (κ3) is 4.76. The van der Waals surface area contributed by atoms with E-state index in [0.29, 0.717) is 31.6 Å². The van der Waals surface area contributed by atoms with Crippen molar-refractivity contribution in [1.82, 2.24) is 4.98 Å². The zero-order valence-corrected chi connectivity index (χ0v) is 22.6. The Labute approximate surface area is 219 Å². The zero-order chi connectivity index (χ0) is 26.2. The molecule has 1 aliphatic heterocycles. The number of anilines is 1. The van der Waals surface area contributed by atoms with Crippen LogP contribution in [0, 0.1) is 6.92 Å². The third-order valence-corrected chi connectivity index (χ3v) is 9.47. The summed E-state index contributed by atoms with van der Waals surface area (Å²) in [6.07, 6.45) is 4.33. The summed E-state index contributed by atoms with van der Waals surface area (Å²) in [5.74, 6) is 0. The van der Waals surface area contributed by atoms with Gasteiger partial charge in [0.05, 0.1) is 21.7 Å². The highest BCUT2D eigenvalue weighted by Crippen LogP contribution is 2.41. The third-order valence-electron chi connectivity index (χ3n) is 7.70. The van der Waals surface area contributed by atoms with Gasteiger partial charge in [-0.2, -0.15) is 0 Å². The van der Waals surface area contributed by atoms with E-state index >= 15 is 0 Å². The molecule has 0 aliphatic carbocycles. The van der Waals surface area contributed by atoms with Crippen LogP contribution in [-0.4, -0.2) is 31.6 Å². The summed E-state index contributed by atoms with van der Waals surface area (Å²) < 4.78 is 27.8. The summed E-state index contributed by atoms with van der Waals surface area (Å²) in [5, 5.41) is 12.4. The first kappa shape index (κ1) is 25.4. The predicted molar refractivity (Wildman–Crippen MR) is 149 cm³/mol. The van der Waals surface area contributed by atoms with Crippen molar-refractivity contribution in [2.75, 3.05) is 18.0 Å². The van der Waals surface area contributed by atoms with Gasteiger partial charge in [-0.15, -0.1) is 0 Å². The van der Waals surface area contributed by atoms with Crippen molar-refractivity contribution in [3.63, 3.8) is 0 Å². The SMILES string of the molecule is CCc1ccc(C2(O)CCN(c3c(S(=O)(=O)c4ccc(CC)cc4)cnc4ccc(C)cc34)CC2)cc1. The van der Waals surface area contributed by atoms with Gasteiger partial charge in [0.25, 0.3) is 0 Å². The van der Waals surface area contributed by atoms with E-state index in [2.05, 4.69) is 28.9 Å². The molecule has 5 nitrogen and oxygen atoms in total. The van der Waals surface area contributed by atoms with Crippen LogP contribution < -0.4 is 4.90 Å². The number of fused-ring (bicyclic) bond motifs is 1. The second-order valence-electron chi connectivity index (χ2n) is 10.1. The average molecular weight is 515 g/mol. The van der Waals surface area contributed by atoms with Crippen molar-refractivity contribution in [3.8, 4) is 0 Å². The van der Waals surface area contributed by atoms with Crippen LogP contribution in [0.3, 0.4) is 0 Å². The molecule has 5 rings (SSSR count). The molecule has 4 aromatic rings. The van der Waals surface area contributed by atoms with Gasteiger partial charge >= 0.3 is 0 Å². The van der Waals surface area contributed by atoms with E-state index in [1.54, 1.807) is 12.1 Å². The summed E-state index contributed by atoms with van der Waals surface area (Å²) in [7, 11) is -3.80. The van der Waals surface area contributed by atoms with Crippen LogP contribution in [-0.2, 0) is 28.3 Å². The number of piperidine rings is 1. The first-order chi connectivity index (χ1) is 17.7. The zero-order valence-electron chi connectivity index (χ0n) is 21.7. The fourth-order valence-electron chi connectivity index (χ4n) is 5.27. The quantitative estimate of drug-likeness (QED) is 0.342. The van der Waals surface area contributed by atoms with Crippen molar-refractivity contribution in [3.05, 3.63) is 95.2 Å². The van der Waals surface area contributed by atoms with Gasteiger partial charge in [-0.25, -0.2) is 8.42 Å². The number of pyridine rings is 1. The minimum atomic E-state index is -3.80. The minimum absolute atomic E-state index is 0.215. The Bertz CT molecular complexity index is 1520. The van der Waals surface area contributed by atoms with E-state index in [-0.39, 0.29) is 9.79 Å². The lowest BCUT2D eigenvalue weighted by molar-refractivity contribution is 0.0117. The number of hydrogen-bond donors (Lipinski definition) is 1. The highest BCUT2D eigenvalue weighted by molar-refractivity contribution is 7.91. The van der Waals surface area contributed by atoms with Gasteiger partial charge in [-0.05, 0) is 73.6 Å². The van der Waals surface area contributed by atoms with Crippen LogP contribution in [0.5, 0.6) is 0 Å². The summed E-state index contributed by atoms with van der Waals surface area (Å²) in [4.78, 5) is 7.14. The van der Waals surface area contributed by atoms with Gasteiger partial charge < -0.3 is 10.0 Å². The Balaban J connectivity index is 1.56. The van der Waals surface area contributed by atoms with E-state index in [1.165, 1.54) is 11.8 Å². The Morgan fingerprint density at radius 2 is 1.49 bits per heavy atom. The lowest BCUT2D eigenvalue weighted by Gasteiger charge is -2.40. The molecule has 1 saturated heterocycles. The van der Waals surface area contributed by atoms with Crippen molar-refractivity contribution >= 4 is 26.4 Å². The van der Waals surface area contributed by atoms with Crippen molar-refractivity contribution in [1.29, 1.82) is 0 Å². The number of sulfone groups is 1. The van der Waals surface area contributed by atoms with Gasteiger partial charge in [0.15, 0.2) is 0 Å². The molecule has 1 fully saturated rings. The molecular weight excluding hydrogens is 480 g/mol. The maximum atomic E-state index is 13.9. The summed E-state index contributed by atoms with van der Waals surface area (Å²) >= 11 is 0. The van der Waals surface area contributed by atoms with Crippen molar-refractivity contribution in [2.45, 2.75) is 61.8 Å². The van der Waals surface area contributed by atoms with Crippen LogP contribution in [0.4, 0.5) is 5.69 Å². The molecule has 0 radical (unpaired) electrons. The van der Waals surface area contributed by atoms with E-state index in [4.69, 9.17) is 0 Å². The number of aliphatic hydroxyl groups is 1. The first-order valence-electron chi connectivity index (χ1n) is 13.1. The number of nitrogens with zero attached hydrogens (tertiary/aromatic N) is 2. The molecule has 6 heteroatoms. The average Bonchev–Trinajstić information content (AvgIpc) is 2.93. The second-order valence-corrected chi connectivity index (χ2v) is 12.0. The van der Waals surface area contributed by atoms with Crippen molar-refractivity contribution < 1.29 is 13.5 Å². The maximum absolute atomic E-state index is 13.9. The molecular formula is C31H34N2O3S. The van der Waals surface area contributed by atoms with Gasteiger partial charge in [0.2, 0.25) is 9.84 Å². The fourth-order valence-corrected chi connectivity index (χ4v) is 6.70. The van der Waals surface area contributed by atoms with Crippen molar-refractivity contribution in [2.24, 2.45) is 0 Å². The van der Waals surface area contributed by atoms with E-state index in [9.17, 15) is 13.5 Å². The van der Waals surface area contributed by atoms with Crippen LogP contribution in [0.15, 0.2) is 82.7 Å². The van der Waals surface area contributed by atoms with Crippen LogP contribution in [0.25, 0.3) is 10.9 Å². The Hall–Kier alpha value is -3.22. The lowest BCUT2D eigenvalue weighted by Crippen LogP contribution is -2.43. The normalized spacial score (nSPS) is 15.7. The molecule has 0 spiro atoms. The molecule has 1 aromatic heterocycles. The Morgan fingerprint density at radius 3 is 2.08 bits per heavy atom. The number of aromatic nitrogens is 1. The van der Waals surface area contributed by atoms with Gasteiger partial charge in [0.1, 0.15) is 4.90 Å². The summed E-state index contributed by atoms with van der Waals surface area (Å²) in [6.45, 7) is 7.25. The fraction of sp³-hybridized carbons (Fsp3) is 0.323. The van der Waals surface area contributed by atoms with Crippen LogP contribution in [0.1, 0.15) is 48.9 Å². The molecule has 0 unspecified atom stereocenters. The topological polar surface area (TPSA) is 70.5 Å². The van der Waals surface area contributed by atoms with Crippen LogP contribution >= 0.6 is 0 Å². The van der Waals surface area contributed by atoms with Gasteiger partial charge in [-0.3, -0.25) is 4.98 Å². The summed E-state index contributed by atoms with van der Waals surface area (Å²) in [5.41, 5.74) is 4.80. The number of hydrogen-bond acceptors (Lipinski definition) is 5.